The fraction of sp³-hybridized carbons (Fsp3) is 0.174. The van der Waals surface area contributed by atoms with Crippen LogP contribution in [0, 0.1) is 0 Å². The highest BCUT2D eigenvalue weighted by Gasteiger charge is 2.17. The third-order valence-corrected chi connectivity index (χ3v) is 4.84. The van der Waals surface area contributed by atoms with E-state index in [1.807, 2.05) is 24.4 Å². The van der Waals surface area contributed by atoms with Crippen molar-refractivity contribution in [1.82, 2.24) is 10.3 Å². The van der Waals surface area contributed by atoms with Crippen LogP contribution in [0.1, 0.15) is 17.7 Å². The third-order valence-electron chi connectivity index (χ3n) is 4.84. The molecule has 0 aliphatic carbocycles. The molecule has 2 N–H and O–H groups in total. The Hall–Kier alpha value is -2.91. The van der Waals surface area contributed by atoms with Gasteiger partial charge in [-0.2, -0.15) is 0 Å². The molecular weight excluding hydrogens is 320 g/mol. The summed E-state index contributed by atoms with van der Waals surface area (Å²) in [5.74, 6) is 0.287. The first kappa shape index (κ1) is 16.6. The van der Waals surface area contributed by atoms with E-state index >= 15 is 0 Å². The molecule has 0 saturated heterocycles. The number of phenols is 1. The van der Waals surface area contributed by atoms with Gasteiger partial charge >= 0.3 is 0 Å². The van der Waals surface area contributed by atoms with Crippen LogP contribution in [0.3, 0.4) is 0 Å². The van der Waals surface area contributed by atoms with E-state index in [-0.39, 0.29) is 5.75 Å². The molecule has 3 heteroatoms. The van der Waals surface area contributed by atoms with Crippen molar-refractivity contribution in [2.24, 2.45) is 0 Å². The summed E-state index contributed by atoms with van der Waals surface area (Å²) in [6, 6.07) is 22.5. The lowest BCUT2D eigenvalue weighted by atomic mass is 9.92. The molecule has 130 valence electrons. The molecule has 0 amide bonds. The monoisotopic (exact) mass is 342 g/mol. The van der Waals surface area contributed by atoms with Crippen molar-refractivity contribution in [2.45, 2.75) is 18.9 Å². The molecule has 1 aliphatic rings. The zero-order chi connectivity index (χ0) is 17.8. The molecule has 1 unspecified atom stereocenters. The first-order valence-corrected chi connectivity index (χ1v) is 9.00. The normalized spacial score (nSPS) is 16.9. The molecule has 0 fully saturated rings. The molecule has 1 aliphatic heterocycles. The average Bonchev–Trinajstić information content (AvgIpc) is 2.70. The molecule has 3 nitrogen and oxygen atoms in total. The van der Waals surface area contributed by atoms with Gasteiger partial charge in [-0.3, -0.25) is 4.98 Å². The van der Waals surface area contributed by atoms with E-state index < -0.39 is 0 Å². The Morgan fingerprint density at radius 3 is 2.54 bits per heavy atom. The second kappa shape index (κ2) is 7.54. The Morgan fingerprint density at radius 1 is 0.923 bits per heavy atom. The third kappa shape index (κ3) is 3.84. The maximum Gasteiger partial charge on any atom is 0.115 e. The number of hydrogen-bond donors (Lipinski definition) is 2. The van der Waals surface area contributed by atoms with E-state index in [9.17, 15) is 5.11 Å². The van der Waals surface area contributed by atoms with Gasteiger partial charge in [0.2, 0.25) is 0 Å². The van der Waals surface area contributed by atoms with E-state index in [1.54, 1.807) is 12.1 Å². The summed E-state index contributed by atoms with van der Waals surface area (Å²) >= 11 is 0. The Balaban J connectivity index is 1.48. The van der Waals surface area contributed by atoms with Gasteiger partial charge in [0.1, 0.15) is 5.75 Å². The average molecular weight is 342 g/mol. The molecule has 4 rings (SSSR count). The lowest BCUT2D eigenvalue weighted by Crippen LogP contribution is -2.34. The summed E-state index contributed by atoms with van der Waals surface area (Å²) in [6.07, 6.45) is 6.06. The number of benzene rings is 2. The van der Waals surface area contributed by atoms with Gasteiger partial charge in [-0.25, -0.2) is 0 Å². The molecule has 1 aromatic heterocycles. The second-order valence-electron chi connectivity index (χ2n) is 6.69. The van der Waals surface area contributed by atoms with Crippen LogP contribution in [0.25, 0.3) is 16.7 Å². The fourth-order valence-electron chi connectivity index (χ4n) is 3.48. The topological polar surface area (TPSA) is 45.2 Å². The molecule has 2 heterocycles. The molecule has 3 aromatic rings. The highest BCUT2D eigenvalue weighted by Crippen LogP contribution is 2.25. The molecule has 0 bridgehead atoms. The van der Waals surface area contributed by atoms with E-state index in [2.05, 4.69) is 52.8 Å². The number of nitrogens with one attached hydrogen (secondary N) is 1. The summed E-state index contributed by atoms with van der Waals surface area (Å²) in [5.41, 5.74) is 6.02. The summed E-state index contributed by atoms with van der Waals surface area (Å²) < 4.78 is 0. The summed E-state index contributed by atoms with van der Waals surface area (Å²) in [6.45, 7) is 0.895. The smallest absolute Gasteiger partial charge is 0.115 e. The van der Waals surface area contributed by atoms with Crippen LogP contribution < -0.4 is 5.32 Å². The second-order valence-corrected chi connectivity index (χ2v) is 6.69. The van der Waals surface area contributed by atoms with Crippen LogP contribution in [0.4, 0.5) is 0 Å². The van der Waals surface area contributed by atoms with Crippen molar-refractivity contribution in [1.29, 1.82) is 0 Å². The highest BCUT2D eigenvalue weighted by atomic mass is 16.3. The van der Waals surface area contributed by atoms with Crippen molar-refractivity contribution in [3.63, 3.8) is 0 Å². The SMILES string of the molecule is Oc1ccc(-c2ccnc(CC3CC(c4ccccc4)=CCN3)c2)cc1. The Morgan fingerprint density at radius 2 is 1.73 bits per heavy atom. The van der Waals surface area contributed by atoms with Crippen molar-refractivity contribution in [2.75, 3.05) is 6.54 Å². The predicted octanol–water partition coefficient (Wildman–Crippen LogP) is 4.44. The zero-order valence-corrected chi connectivity index (χ0v) is 14.6. The maximum atomic E-state index is 9.47. The molecule has 0 spiro atoms. The van der Waals surface area contributed by atoms with Crippen molar-refractivity contribution in [3.8, 4) is 16.9 Å². The van der Waals surface area contributed by atoms with Crippen molar-refractivity contribution in [3.05, 3.63) is 90.3 Å². The molecule has 0 radical (unpaired) electrons. The molecule has 1 atom stereocenters. The largest absolute Gasteiger partial charge is 0.508 e. The zero-order valence-electron chi connectivity index (χ0n) is 14.6. The highest BCUT2D eigenvalue weighted by molar-refractivity contribution is 5.67. The summed E-state index contributed by atoms with van der Waals surface area (Å²) in [4.78, 5) is 4.57. The fourth-order valence-corrected chi connectivity index (χ4v) is 3.48. The number of aromatic hydroxyl groups is 1. The number of pyridine rings is 1. The number of hydrogen-bond acceptors (Lipinski definition) is 3. The van der Waals surface area contributed by atoms with Crippen LogP contribution >= 0.6 is 0 Å². The van der Waals surface area contributed by atoms with Crippen molar-refractivity contribution < 1.29 is 5.11 Å². The van der Waals surface area contributed by atoms with Gasteiger partial charge in [-0.1, -0.05) is 48.5 Å². The molecular formula is C23H22N2O. The molecule has 26 heavy (non-hydrogen) atoms. The van der Waals surface area contributed by atoms with Gasteiger partial charge in [0, 0.05) is 30.9 Å². The first-order valence-electron chi connectivity index (χ1n) is 9.00. The lowest BCUT2D eigenvalue weighted by molar-refractivity contribution is 0.475. The van der Waals surface area contributed by atoms with Crippen LogP contribution in [0.2, 0.25) is 0 Å². The van der Waals surface area contributed by atoms with Gasteiger partial charge in [0.15, 0.2) is 0 Å². The standard InChI is InChI=1S/C23H22N2O/c26-23-8-6-18(7-9-23)20-11-13-25-22(15-20)16-21-14-19(10-12-24-21)17-4-2-1-3-5-17/h1-11,13,15,21,24,26H,12,14,16H2. The quantitative estimate of drug-likeness (QED) is 0.737. The number of nitrogens with zero attached hydrogens (tertiary/aromatic N) is 1. The lowest BCUT2D eigenvalue weighted by Gasteiger charge is -2.24. The van der Waals surface area contributed by atoms with E-state index in [0.29, 0.717) is 6.04 Å². The van der Waals surface area contributed by atoms with Gasteiger partial charge in [0.05, 0.1) is 0 Å². The van der Waals surface area contributed by atoms with Crippen LogP contribution in [-0.2, 0) is 6.42 Å². The van der Waals surface area contributed by atoms with Crippen molar-refractivity contribution >= 4 is 5.57 Å². The Kier molecular flexibility index (Phi) is 4.80. The van der Waals surface area contributed by atoms with Crippen LogP contribution in [0.15, 0.2) is 79.0 Å². The van der Waals surface area contributed by atoms with Gasteiger partial charge in [-0.15, -0.1) is 0 Å². The number of phenolic OH excluding ortho intramolecular Hbond substituents is 1. The molecule has 0 saturated carbocycles. The van der Waals surface area contributed by atoms with E-state index in [4.69, 9.17) is 0 Å². The predicted molar refractivity (Wildman–Crippen MR) is 106 cm³/mol. The minimum atomic E-state index is 0.287. The van der Waals surface area contributed by atoms with Crippen LogP contribution in [0.5, 0.6) is 5.75 Å². The van der Waals surface area contributed by atoms with Gasteiger partial charge < -0.3 is 10.4 Å². The summed E-state index contributed by atoms with van der Waals surface area (Å²) in [5, 5.41) is 13.1. The van der Waals surface area contributed by atoms with Crippen LogP contribution in [-0.4, -0.2) is 22.7 Å². The van der Waals surface area contributed by atoms with E-state index in [1.165, 1.54) is 11.1 Å². The number of aromatic nitrogens is 1. The number of rotatable bonds is 4. The van der Waals surface area contributed by atoms with E-state index in [0.717, 1.165) is 36.2 Å². The molecule has 2 aromatic carbocycles. The minimum Gasteiger partial charge on any atom is -0.508 e. The first-order chi connectivity index (χ1) is 12.8. The van der Waals surface area contributed by atoms with Gasteiger partial charge in [0.25, 0.3) is 0 Å². The van der Waals surface area contributed by atoms with Gasteiger partial charge in [-0.05, 0) is 52.9 Å². The Bertz CT molecular complexity index is 901. The maximum absolute atomic E-state index is 9.47. The minimum absolute atomic E-state index is 0.287. The Labute approximate surface area is 154 Å². The summed E-state index contributed by atoms with van der Waals surface area (Å²) in [7, 11) is 0.